The van der Waals surface area contributed by atoms with Crippen LogP contribution in [0.5, 0.6) is 0 Å². The number of carbonyl (C=O) groups is 2. The van der Waals surface area contributed by atoms with Crippen molar-refractivity contribution in [3.8, 4) is 22.3 Å². The number of benzene rings is 5. The number of nitrogens with zero attached hydrogens (tertiary/aromatic N) is 1. The highest BCUT2D eigenvalue weighted by molar-refractivity contribution is 8.00. The standard InChI is InChI=1S/C39H29N3O2S2/c43-36-15-16-37(44)42(36)33-22-30(33)29-18-27(25-11-13-31-34(20-25)45-38(40-31)23-7-3-1-4-8-23)17-28(19-29)26-12-14-32-35(21-26)46-39(41-32)24-9-5-2-6-10-24/h1-21,30,33,38-41H,22H2. The maximum Gasteiger partial charge on any atom is 0.253 e. The molecule has 1 saturated carbocycles. The summed E-state index contributed by atoms with van der Waals surface area (Å²) in [6.45, 7) is 0. The van der Waals surface area contributed by atoms with Crippen LogP contribution in [0.3, 0.4) is 0 Å². The zero-order chi connectivity index (χ0) is 30.8. The molecule has 0 aromatic heterocycles. The summed E-state index contributed by atoms with van der Waals surface area (Å²) in [5.74, 6) is -0.297. The second-order valence-corrected chi connectivity index (χ2v) is 14.5. The van der Waals surface area contributed by atoms with Crippen molar-refractivity contribution in [2.45, 2.75) is 38.9 Å². The number of carbonyl (C=O) groups excluding carboxylic acids is 2. The van der Waals surface area contributed by atoms with Crippen LogP contribution >= 0.6 is 23.5 Å². The first kappa shape index (κ1) is 27.6. The van der Waals surface area contributed by atoms with E-state index in [1.54, 1.807) is 0 Å². The summed E-state index contributed by atoms with van der Waals surface area (Å²) >= 11 is 3.68. The fourth-order valence-corrected chi connectivity index (χ4v) is 9.12. The van der Waals surface area contributed by atoms with Crippen molar-refractivity contribution in [3.63, 3.8) is 0 Å². The minimum atomic E-state index is -0.207. The van der Waals surface area contributed by atoms with E-state index in [4.69, 9.17) is 0 Å². The Kier molecular flexibility index (Phi) is 6.57. The largest absolute Gasteiger partial charge is 0.368 e. The van der Waals surface area contributed by atoms with Gasteiger partial charge in [-0.1, -0.05) is 108 Å². The Morgan fingerprint density at radius 1 is 0.543 bits per heavy atom. The highest BCUT2D eigenvalue weighted by Gasteiger charge is 2.48. The fraction of sp³-hybridized carbons (Fsp3) is 0.128. The molecular weight excluding hydrogens is 607 g/mol. The van der Waals surface area contributed by atoms with Gasteiger partial charge in [-0.05, 0) is 75.7 Å². The van der Waals surface area contributed by atoms with Gasteiger partial charge < -0.3 is 10.6 Å². The van der Waals surface area contributed by atoms with Crippen molar-refractivity contribution in [1.29, 1.82) is 0 Å². The number of imide groups is 1. The van der Waals surface area contributed by atoms with Gasteiger partial charge in [-0.25, -0.2) is 0 Å². The number of rotatable bonds is 6. The SMILES string of the molecule is O=C1C=CC(=O)N1C1CC1c1cc(-c2ccc3c(c2)SC(c2ccccc2)N3)cc(-c2ccc3c(c2)SC(c2ccccc2)N3)c1. The Hall–Kier alpha value is -4.72. The number of hydrogen-bond acceptors (Lipinski definition) is 6. The summed E-state index contributed by atoms with van der Waals surface area (Å²) < 4.78 is 0. The molecule has 2 amide bonds. The quantitative estimate of drug-likeness (QED) is 0.181. The normalized spacial score (nSPS) is 22.4. The Labute approximate surface area is 276 Å². The van der Waals surface area contributed by atoms with Gasteiger partial charge >= 0.3 is 0 Å². The van der Waals surface area contributed by atoms with E-state index in [0.717, 1.165) is 45.6 Å². The van der Waals surface area contributed by atoms with Gasteiger partial charge in [-0.2, -0.15) is 0 Å². The lowest BCUT2D eigenvalue weighted by atomic mass is 9.94. The average Bonchev–Trinajstić information content (AvgIpc) is 3.39. The molecule has 5 nitrogen and oxygen atoms in total. The number of nitrogens with one attached hydrogen (secondary N) is 2. The van der Waals surface area contributed by atoms with Crippen LogP contribution in [-0.2, 0) is 9.59 Å². The van der Waals surface area contributed by atoms with Crippen LogP contribution < -0.4 is 10.6 Å². The van der Waals surface area contributed by atoms with Crippen molar-refractivity contribution in [1.82, 2.24) is 4.90 Å². The lowest BCUT2D eigenvalue weighted by molar-refractivity contribution is -0.137. The maximum atomic E-state index is 12.5. The van der Waals surface area contributed by atoms with Gasteiger partial charge in [-0.3, -0.25) is 14.5 Å². The topological polar surface area (TPSA) is 61.4 Å². The molecule has 0 saturated heterocycles. The van der Waals surface area contributed by atoms with Gasteiger partial charge in [-0.15, -0.1) is 0 Å². The van der Waals surface area contributed by atoms with E-state index in [1.807, 2.05) is 35.7 Å². The van der Waals surface area contributed by atoms with E-state index < -0.39 is 0 Å². The number of fused-ring (bicyclic) bond motifs is 2. The zero-order valence-corrected chi connectivity index (χ0v) is 26.4. The lowest BCUT2D eigenvalue weighted by Gasteiger charge is -2.15. The molecule has 7 heteroatoms. The first-order valence-electron chi connectivity index (χ1n) is 15.5. The molecule has 0 radical (unpaired) electrons. The molecule has 4 aliphatic rings. The van der Waals surface area contributed by atoms with Gasteiger partial charge in [0.25, 0.3) is 11.8 Å². The van der Waals surface area contributed by atoms with Gasteiger partial charge in [0.15, 0.2) is 0 Å². The van der Waals surface area contributed by atoms with E-state index in [-0.39, 0.29) is 34.5 Å². The molecule has 3 aliphatic heterocycles. The van der Waals surface area contributed by atoms with Crippen molar-refractivity contribution in [2.24, 2.45) is 0 Å². The molecular formula is C39H29N3O2S2. The Balaban J connectivity index is 1.07. The summed E-state index contributed by atoms with van der Waals surface area (Å²) in [4.78, 5) is 28.9. The monoisotopic (exact) mass is 635 g/mol. The molecule has 224 valence electrons. The van der Waals surface area contributed by atoms with E-state index in [2.05, 4.69) is 114 Å². The van der Waals surface area contributed by atoms with E-state index in [0.29, 0.717) is 0 Å². The summed E-state index contributed by atoms with van der Waals surface area (Å²) in [5.41, 5.74) is 10.5. The number of hydrogen-bond donors (Lipinski definition) is 2. The highest BCUT2D eigenvalue weighted by Crippen LogP contribution is 2.51. The van der Waals surface area contributed by atoms with Crippen molar-refractivity contribution >= 4 is 46.7 Å². The van der Waals surface area contributed by atoms with Crippen LogP contribution in [-0.4, -0.2) is 22.8 Å². The summed E-state index contributed by atoms with van der Waals surface area (Å²) in [6, 6.07) is 41.1. The van der Waals surface area contributed by atoms with Crippen LogP contribution in [0.2, 0.25) is 0 Å². The minimum Gasteiger partial charge on any atom is -0.368 e. The number of thioether (sulfide) groups is 2. The van der Waals surface area contributed by atoms with Gasteiger partial charge in [0.05, 0.1) is 0 Å². The van der Waals surface area contributed by atoms with E-state index in [9.17, 15) is 9.59 Å². The molecule has 4 unspecified atom stereocenters. The first-order valence-corrected chi connectivity index (χ1v) is 17.3. The Morgan fingerprint density at radius 3 is 1.54 bits per heavy atom. The predicted molar refractivity (Wildman–Crippen MR) is 187 cm³/mol. The fourth-order valence-electron chi connectivity index (χ4n) is 6.75. The Bertz CT molecular complexity index is 1930. The molecule has 5 aromatic rings. The summed E-state index contributed by atoms with van der Waals surface area (Å²) in [6.07, 6.45) is 3.56. The molecule has 46 heavy (non-hydrogen) atoms. The van der Waals surface area contributed by atoms with Crippen LogP contribution in [0, 0.1) is 0 Å². The lowest BCUT2D eigenvalue weighted by Crippen LogP contribution is -2.32. The third kappa shape index (κ3) is 4.91. The minimum absolute atomic E-state index is 0.101. The number of amides is 2. The molecule has 1 fully saturated rings. The van der Waals surface area contributed by atoms with Crippen molar-refractivity contribution in [3.05, 3.63) is 144 Å². The van der Waals surface area contributed by atoms with Gasteiger partial charge in [0, 0.05) is 45.3 Å². The maximum absolute atomic E-state index is 12.5. The molecule has 3 heterocycles. The van der Waals surface area contributed by atoms with Crippen LogP contribution in [0.4, 0.5) is 11.4 Å². The average molecular weight is 636 g/mol. The van der Waals surface area contributed by atoms with Crippen LogP contribution in [0.15, 0.2) is 137 Å². The van der Waals surface area contributed by atoms with Gasteiger partial charge in [0.1, 0.15) is 10.7 Å². The third-order valence-electron chi connectivity index (χ3n) is 9.21. The van der Waals surface area contributed by atoms with Crippen molar-refractivity contribution in [2.75, 3.05) is 10.6 Å². The van der Waals surface area contributed by atoms with E-state index in [1.165, 1.54) is 38.0 Å². The van der Waals surface area contributed by atoms with Gasteiger partial charge in [0.2, 0.25) is 0 Å². The molecule has 1 aliphatic carbocycles. The summed E-state index contributed by atoms with van der Waals surface area (Å²) in [5, 5.41) is 7.71. The first-order chi connectivity index (χ1) is 22.6. The molecule has 2 N–H and O–H groups in total. The zero-order valence-electron chi connectivity index (χ0n) is 24.7. The molecule has 4 atom stereocenters. The van der Waals surface area contributed by atoms with E-state index >= 15 is 0 Å². The predicted octanol–water partition coefficient (Wildman–Crippen LogP) is 9.23. The molecule has 9 rings (SSSR count). The van der Waals surface area contributed by atoms with Crippen molar-refractivity contribution < 1.29 is 9.59 Å². The second-order valence-electron chi connectivity index (χ2n) is 12.2. The van der Waals surface area contributed by atoms with Crippen LogP contribution in [0.1, 0.15) is 39.8 Å². The Morgan fingerprint density at radius 2 is 1.04 bits per heavy atom. The molecule has 0 spiro atoms. The molecule has 5 aromatic carbocycles. The number of anilines is 2. The third-order valence-corrected chi connectivity index (χ3v) is 11.6. The second kappa shape index (κ2) is 11.0. The smallest absolute Gasteiger partial charge is 0.253 e. The van der Waals surface area contributed by atoms with Crippen LogP contribution in [0.25, 0.3) is 22.3 Å². The summed E-state index contributed by atoms with van der Waals surface area (Å²) in [7, 11) is 0. The highest BCUT2D eigenvalue weighted by atomic mass is 32.2. The molecule has 0 bridgehead atoms.